The molecule has 1 saturated heterocycles. The summed E-state index contributed by atoms with van der Waals surface area (Å²) in [5.41, 5.74) is 0.636. The van der Waals surface area contributed by atoms with Gasteiger partial charge in [-0.3, -0.25) is 19.3 Å². The molecule has 8 heteroatoms. The second kappa shape index (κ2) is 6.78. The van der Waals surface area contributed by atoms with Gasteiger partial charge in [0.1, 0.15) is 12.1 Å². The van der Waals surface area contributed by atoms with E-state index in [-0.39, 0.29) is 5.92 Å². The van der Waals surface area contributed by atoms with Crippen LogP contribution in [0.3, 0.4) is 0 Å². The highest BCUT2D eigenvalue weighted by molar-refractivity contribution is 6.09. The minimum atomic E-state index is -0.945. The van der Waals surface area contributed by atoms with Gasteiger partial charge in [0.2, 0.25) is 0 Å². The number of rotatable bonds is 6. The van der Waals surface area contributed by atoms with Gasteiger partial charge in [-0.15, -0.1) is 0 Å². The Kier molecular flexibility index (Phi) is 4.67. The number of amides is 4. The molecule has 8 nitrogen and oxygen atoms in total. The largest absolute Gasteiger partial charge is 0.454 e. The molecule has 1 aliphatic carbocycles. The number of benzene rings is 1. The molecular formula is C18H21N3O5. The first-order valence-corrected chi connectivity index (χ1v) is 8.46. The second-order valence-electron chi connectivity index (χ2n) is 6.88. The van der Waals surface area contributed by atoms with Gasteiger partial charge in [-0.05, 0) is 50.3 Å². The first-order valence-electron chi connectivity index (χ1n) is 8.46. The summed E-state index contributed by atoms with van der Waals surface area (Å²) in [5, 5.41) is 5.26. The monoisotopic (exact) mass is 359 g/mol. The van der Waals surface area contributed by atoms with Crippen molar-refractivity contribution >= 4 is 29.5 Å². The van der Waals surface area contributed by atoms with E-state index >= 15 is 0 Å². The smallest absolute Gasteiger partial charge is 0.326 e. The molecule has 1 aliphatic heterocycles. The Morgan fingerprint density at radius 3 is 2.73 bits per heavy atom. The van der Waals surface area contributed by atoms with E-state index in [1.54, 1.807) is 25.1 Å². The van der Waals surface area contributed by atoms with Gasteiger partial charge in [0.25, 0.3) is 11.8 Å². The van der Waals surface area contributed by atoms with Crippen LogP contribution in [0.15, 0.2) is 24.3 Å². The molecule has 1 aromatic rings. The summed E-state index contributed by atoms with van der Waals surface area (Å²) >= 11 is 0. The zero-order valence-corrected chi connectivity index (χ0v) is 14.7. The van der Waals surface area contributed by atoms with Crippen molar-refractivity contribution in [3.63, 3.8) is 0 Å². The SMILES string of the molecule is Cc1cccc(NC(=O)COC(=O)CN2C(=O)N[C@@](C)(C3CC3)C2=O)c1. The van der Waals surface area contributed by atoms with E-state index in [4.69, 9.17) is 4.74 Å². The normalized spacial score (nSPS) is 22.2. The number of anilines is 1. The second-order valence-corrected chi connectivity index (χ2v) is 6.88. The van der Waals surface area contributed by atoms with Crippen LogP contribution in [0, 0.1) is 12.8 Å². The van der Waals surface area contributed by atoms with Crippen molar-refractivity contribution in [1.82, 2.24) is 10.2 Å². The lowest BCUT2D eigenvalue weighted by Gasteiger charge is -2.20. The van der Waals surface area contributed by atoms with Crippen molar-refractivity contribution in [2.75, 3.05) is 18.5 Å². The molecule has 2 aliphatic rings. The highest BCUT2D eigenvalue weighted by atomic mass is 16.5. The average Bonchev–Trinajstić information content (AvgIpc) is 3.39. The number of esters is 1. The van der Waals surface area contributed by atoms with Crippen LogP contribution in [0.4, 0.5) is 10.5 Å². The summed E-state index contributed by atoms with van der Waals surface area (Å²) in [6.07, 6.45) is 1.75. The van der Waals surface area contributed by atoms with Crippen molar-refractivity contribution < 1.29 is 23.9 Å². The standard InChI is InChI=1S/C18H21N3O5/c1-11-4-3-5-13(8-11)19-14(22)10-26-15(23)9-21-16(24)18(2,12-6-7-12)20-17(21)25/h3-5,8,12H,6-7,9-10H2,1-2H3,(H,19,22)(H,20,25)/t18-/m0/s1. The maximum atomic E-state index is 12.4. The van der Waals surface area contributed by atoms with E-state index in [9.17, 15) is 19.2 Å². The third-order valence-corrected chi connectivity index (χ3v) is 4.65. The number of carbonyl (C=O) groups is 4. The van der Waals surface area contributed by atoms with Gasteiger partial charge in [0, 0.05) is 5.69 Å². The first kappa shape index (κ1) is 17.9. The Balaban J connectivity index is 1.49. The molecule has 2 N–H and O–H groups in total. The van der Waals surface area contributed by atoms with Gasteiger partial charge in [-0.1, -0.05) is 12.1 Å². The number of carbonyl (C=O) groups excluding carboxylic acids is 4. The fourth-order valence-electron chi connectivity index (χ4n) is 3.04. The summed E-state index contributed by atoms with van der Waals surface area (Å²) < 4.78 is 4.88. The van der Waals surface area contributed by atoms with E-state index in [1.165, 1.54) is 0 Å². The van der Waals surface area contributed by atoms with Gasteiger partial charge in [-0.25, -0.2) is 4.79 Å². The van der Waals surface area contributed by atoms with E-state index in [0.717, 1.165) is 23.3 Å². The number of ether oxygens (including phenoxy) is 1. The van der Waals surface area contributed by atoms with Crippen molar-refractivity contribution in [2.24, 2.45) is 5.92 Å². The highest BCUT2D eigenvalue weighted by Crippen LogP contribution is 2.42. The molecule has 1 saturated carbocycles. The van der Waals surface area contributed by atoms with E-state index in [2.05, 4.69) is 10.6 Å². The van der Waals surface area contributed by atoms with Crippen LogP contribution in [0.2, 0.25) is 0 Å². The Labute approximate surface area is 150 Å². The average molecular weight is 359 g/mol. The lowest BCUT2D eigenvalue weighted by molar-refractivity contribution is -0.150. The maximum Gasteiger partial charge on any atom is 0.326 e. The third-order valence-electron chi connectivity index (χ3n) is 4.65. The number of aryl methyl sites for hydroxylation is 1. The number of hydrogen-bond donors (Lipinski definition) is 2. The summed E-state index contributed by atoms with van der Waals surface area (Å²) in [5.74, 6) is -1.62. The first-order chi connectivity index (χ1) is 12.3. The van der Waals surface area contributed by atoms with E-state index in [0.29, 0.717) is 5.69 Å². The van der Waals surface area contributed by atoms with Crippen molar-refractivity contribution in [1.29, 1.82) is 0 Å². The molecule has 0 spiro atoms. The lowest BCUT2D eigenvalue weighted by Crippen LogP contribution is -2.46. The Morgan fingerprint density at radius 2 is 2.08 bits per heavy atom. The molecule has 0 bridgehead atoms. The van der Waals surface area contributed by atoms with Crippen LogP contribution in [-0.2, 0) is 19.1 Å². The minimum absolute atomic E-state index is 0.111. The predicted molar refractivity (Wildman–Crippen MR) is 92.1 cm³/mol. The number of urea groups is 1. The quantitative estimate of drug-likeness (QED) is 0.586. The highest BCUT2D eigenvalue weighted by Gasteiger charge is 2.56. The summed E-state index contributed by atoms with van der Waals surface area (Å²) in [6, 6.07) is 6.59. The molecule has 26 heavy (non-hydrogen) atoms. The Bertz CT molecular complexity index is 774. The molecule has 1 atom stereocenters. The van der Waals surface area contributed by atoms with Gasteiger partial charge >= 0.3 is 12.0 Å². The third kappa shape index (κ3) is 3.68. The topological polar surface area (TPSA) is 105 Å². The van der Waals surface area contributed by atoms with E-state index in [1.807, 2.05) is 13.0 Å². The van der Waals surface area contributed by atoms with Crippen LogP contribution in [0.25, 0.3) is 0 Å². The van der Waals surface area contributed by atoms with E-state index < -0.39 is 42.5 Å². The minimum Gasteiger partial charge on any atom is -0.454 e. The van der Waals surface area contributed by atoms with Crippen molar-refractivity contribution in [3.05, 3.63) is 29.8 Å². The number of nitrogens with zero attached hydrogens (tertiary/aromatic N) is 1. The zero-order chi connectivity index (χ0) is 18.9. The van der Waals surface area contributed by atoms with Crippen LogP contribution >= 0.6 is 0 Å². The van der Waals surface area contributed by atoms with Crippen LogP contribution in [0.1, 0.15) is 25.3 Å². The lowest BCUT2D eigenvalue weighted by atomic mass is 9.96. The summed E-state index contributed by atoms with van der Waals surface area (Å²) in [7, 11) is 0. The van der Waals surface area contributed by atoms with Gasteiger partial charge < -0.3 is 15.4 Å². The molecule has 4 amide bonds. The maximum absolute atomic E-state index is 12.4. The van der Waals surface area contributed by atoms with Gasteiger partial charge in [-0.2, -0.15) is 0 Å². The van der Waals surface area contributed by atoms with Crippen LogP contribution in [-0.4, -0.2) is 47.4 Å². The number of imide groups is 1. The predicted octanol–water partition coefficient (Wildman–Crippen LogP) is 1.20. The Morgan fingerprint density at radius 1 is 1.35 bits per heavy atom. The molecular weight excluding hydrogens is 338 g/mol. The van der Waals surface area contributed by atoms with Crippen molar-refractivity contribution in [3.8, 4) is 0 Å². The molecule has 0 aromatic heterocycles. The Hall–Kier alpha value is -2.90. The molecule has 1 aromatic carbocycles. The molecule has 0 radical (unpaired) electrons. The number of nitrogens with one attached hydrogen (secondary N) is 2. The molecule has 1 heterocycles. The van der Waals surface area contributed by atoms with Crippen LogP contribution < -0.4 is 10.6 Å². The molecule has 3 rings (SSSR count). The van der Waals surface area contributed by atoms with Crippen LogP contribution in [0.5, 0.6) is 0 Å². The zero-order valence-electron chi connectivity index (χ0n) is 14.7. The van der Waals surface area contributed by atoms with Crippen molar-refractivity contribution in [2.45, 2.75) is 32.2 Å². The summed E-state index contributed by atoms with van der Waals surface area (Å²) in [6.45, 7) is 2.57. The van der Waals surface area contributed by atoms with Gasteiger partial charge in [0.15, 0.2) is 6.61 Å². The fraction of sp³-hybridized carbons (Fsp3) is 0.444. The molecule has 0 unspecified atom stereocenters. The molecule has 138 valence electrons. The summed E-state index contributed by atoms with van der Waals surface area (Å²) in [4.78, 5) is 49.0. The molecule has 2 fully saturated rings. The van der Waals surface area contributed by atoms with Gasteiger partial charge in [0.05, 0.1) is 0 Å². The fourth-order valence-corrected chi connectivity index (χ4v) is 3.04. The number of hydrogen-bond acceptors (Lipinski definition) is 5.